The van der Waals surface area contributed by atoms with Crippen molar-refractivity contribution in [1.82, 2.24) is 10.3 Å². The molecule has 3 nitrogen and oxygen atoms in total. The number of amides is 1. The summed E-state index contributed by atoms with van der Waals surface area (Å²) in [6.07, 6.45) is 4.60. The van der Waals surface area contributed by atoms with Crippen LogP contribution in [-0.4, -0.2) is 17.4 Å². The van der Waals surface area contributed by atoms with Gasteiger partial charge in [0.25, 0.3) is 5.91 Å². The summed E-state index contributed by atoms with van der Waals surface area (Å²) in [5.41, 5.74) is 1.35. The van der Waals surface area contributed by atoms with E-state index in [1.807, 2.05) is 24.3 Å². The summed E-state index contributed by atoms with van der Waals surface area (Å²) in [6.45, 7) is 4.83. The number of nitrogens with zero attached hydrogens (tertiary/aromatic N) is 1. The molecule has 115 valence electrons. The third-order valence-electron chi connectivity index (χ3n) is 4.45. The SMILES string of the molecule is [CH2][C@H]1CC[C@H](CNC(=O)c2cc(Cl)nc3ccccc23)CC1. The largest absolute Gasteiger partial charge is 0.352 e. The van der Waals surface area contributed by atoms with Crippen molar-refractivity contribution in [2.45, 2.75) is 25.7 Å². The Labute approximate surface area is 136 Å². The molecule has 1 heterocycles. The Bertz CT molecular complexity index is 678. The standard InChI is InChI=1S/C18H20ClN2O/c1-12-6-8-13(9-7-12)11-20-18(22)15-10-17(19)21-16-5-3-2-4-14(15)16/h2-5,10,12-13H,1,6-9,11H2,(H,20,22)/t12-,13-. The van der Waals surface area contributed by atoms with Crippen LogP contribution in [0, 0.1) is 18.8 Å². The van der Waals surface area contributed by atoms with E-state index in [-0.39, 0.29) is 5.91 Å². The van der Waals surface area contributed by atoms with Crippen molar-refractivity contribution < 1.29 is 4.79 Å². The van der Waals surface area contributed by atoms with Gasteiger partial charge in [-0.25, -0.2) is 4.98 Å². The minimum Gasteiger partial charge on any atom is -0.352 e. The van der Waals surface area contributed by atoms with E-state index in [9.17, 15) is 4.79 Å². The van der Waals surface area contributed by atoms with Gasteiger partial charge in [0.15, 0.2) is 0 Å². The van der Waals surface area contributed by atoms with E-state index in [1.54, 1.807) is 6.07 Å². The Morgan fingerprint density at radius 1 is 1.27 bits per heavy atom. The predicted octanol–water partition coefficient (Wildman–Crippen LogP) is 4.26. The summed E-state index contributed by atoms with van der Waals surface area (Å²) < 4.78 is 0. The quantitative estimate of drug-likeness (QED) is 0.860. The molecule has 4 heteroatoms. The molecule has 0 saturated heterocycles. The molecule has 0 spiro atoms. The van der Waals surface area contributed by atoms with Crippen molar-refractivity contribution in [3.8, 4) is 0 Å². The second-order valence-electron chi connectivity index (χ2n) is 6.11. The van der Waals surface area contributed by atoms with Crippen molar-refractivity contribution in [3.05, 3.63) is 48.0 Å². The first-order valence-corrected chi connectivity index (χ1v) is 8.18. The van der Waals surface area contributed by atoms with E-state index in [0.29, 0.717) is 22.6 Å². The Morgan fingerprint density at radius 3 is 2.77 bits per heavy atom. The normalized spacial score (nSPS) is 21.7. The molecule has 0 bridgehead atoms. The van der Waals surface area contributed by atoms with Crippen LogP contribution >= 0.6 is 11.6 Å². The van der Waals surface area contributed by atoms with Crippen molar-refractivity contribution in [3.63, 3.8) is 0 Å². The van der Waals surface area contributed by atoms with Crippen molar-refractivity contribution in [2.24, 2.45) is 11.8 Å². The number of nitrogens with one attached hydrogen (secondary N) is 1. The van der Waals surface area contributed by atoms with Crippen molar-refractivity contribution in [2.75, 3.05) is 6.54 Å². The lowest BCUT2D eigenvalue weighted by Crippen LogP contribution is -2.31. The number of para-hydroxylation sites is 1. The van der Waals surface area contributed by atoms with E-state index < -0.39 is 0 Å². The van der Waals surface area contributed by atoms with Crippen LogP contribution < -0.4 is 5.32 Å². The maximum atomic E-state index is 12.5. The molecule has 1 amide bonds. The van der Waals surface area contributed by atoms with Crippen LogP contribution in [-0.2, 0) is 0 Å². The van der Waals surface area contributed by atoms with Gasteiger partial charge in [0, 0.05) is 11.9 Å². The van der Waals surface area contributed by atoms with E-state index in [0.717, 1.165) is 43.1 Å². The molecular weight excluding hydrogens is 296 g/mol. The molecule has 1 fully saturated rings. The molecule has 1 radical (unpaired) electrons. The summed E-state index contributed by atoms with van der Waals surface area (Å²) in [5, 5.41) is 4.24. The third kappa shape index (κ3) is 3.41. The second kappa shape index (κ2) is 6.66. The molecule has 3 rings (SSSR count). The summed E-state index contributed by atoms with van der Waals surface area (Å²) in [4.78, 5) is 16.8. The fraction of sp³-hybridized carbons (Fsp3) is 0.389. The monoisotopic (exact) mass is 315 g/mol. The number of fused-ring (bicyclic) bond motifs is 1. The summed E-state index contributed by atoms with van der Waals surface area (Å²) in [6, 6.07) is 9.22. The number of carbonyl (C=O) groups is 1. The maximum Gasteiger partial charge on any atom is 0.252 e. The molecule has 1 saturated carbocycles. The number of rotatable bonds is 3. The number of hydrogen-bond donors (Lipinski definition) is 1. The van der Waals surface area contributed by atoms with Gasteiger partial charge in [-0.05, 0) is 36.8 Å². The van der Waals surface area contributed by atoms with E-state index in [1.165, 1.54) is 0 Å². The predicted molar refractivity (Wildman–Crippen MR) is 89.9 cm³/mol. The smallest absolute Gasteiger partial charge is 0.252 e. The van der Waals surface area contributed by atoms with Crippen LogP contribution in [0.25, 0.3) is 10.9 Å². The topological polar surface area (TPSA) is 42.0 Å². The van der Waals surface area contributed by atoms with Crippen LogP contribution in [0.1, 0.15) is 36.0 Å². The zero-order chi connectivity index (χ0) is 15.5. The lowest BCUT2D eigenvalue weighted by molar-refractivity contribution is 0.0944. The van der Waals surface area contributed by atoms with Gasteiger partial charge in [-0.2, -0.15) is 0 Å². The first kappa shape index (κ1) is 15.3. The highest BCUT2D eigenvalue weighted by molar-refractivity contribution is 6.30. The van der Waals surface area contributed by atoms with Crippen molar-refractivity contribution in [1.29, 1.82) is 0 Å². The lowest BCUT2D eigenvalue weighted by Gasteiger charge is -2.26. The van der Waals surface area contributed by atoms with Gasteiger partial charge in [0.2, 0.25) is 0 Å². The van der Waals surface area contributed by atoms with E-state index in [4.69, 9.17) is 11.6 Å². The Kier molecular flexibility index (Phi) is 4.63. The number of carbonyl (C=O) groups excluding carboxylic acids is 1. The van der Waals surface area contributed by atoms with Gasteiger partial charge < -0.3 is 5.32 Å². The Hall–Kier alpha value is -1.61. The van der Waals surface area contributed by atoms with E-state index in [2.05, 4.69) is 17.2 Å². The van der Waals surface area contributed by atoms with Crippen LogP contribution in [0.5, 0.6) is 0 Å². The van der Waals surface area contributed by atoms with E-state index >= 15 is 0 Å². The summed E-state index contributed by atoms with van der Waals surface area (Å²) in [5.74, 6) is 1.07. The molecule has 1 aromatic heterocycles. The highest BCUT2D eigenvalue weighted by atomic mass is 35.5. The molecule has 1 aliphatic carbocycles. The Balaban J connectivity index is 1.72. The molecule has 0 unspecified atom stereocenters. The third-order valence-corrected chi connectivity index (χ3v) is 4.64. The highest BCUT2D eigenvalue weighted by Gasteiger charge is 2.19. The highest BCUT2D eigenvalue weighted by Crippen LogP contribution is 2.27. The van der Waals surface area contributed by atoms with Gasteiger partial charge >= 0.3 is 0 Å². The van der Waals surface area contributed by atoms with Gasteiger partial charge in [0.1, 0.15) is 5.15 Å². The van der Waals surface area contributed by atoms with Gasteiger partial charge in [-0.3, -0.25) is 4.79 Å². The average Bonchev–Trinajstić information content (AvgIpc) is 2.53. The molecule has 0 aliphatic heterocycles. The average molecular weight is 316 g/mol. The fourth-order valence-corrected chi connectivity index (χ4v) is 3.30. The van der Waals surface area contributed by atoms with Crippen LogP contribution in [0.2, 0.25) is 5.15 Å². The number of aromatic nitrogens is 1. The van der Waals surface area contributed by atoms with Crippen LogP contribution in [0.15, 0.2) is 30.3 Å². The van der Waals surface area contributed by atoms with Gasteiger partial charge in [-0.15, -0.1) is 0 Å². The molecule has 0 atom stereocenters. The second-order valence-corrected chi connectivity index (χ2v) is 6.49. The zero-order valence-corrected chi connectivity index (χ0v) is 13.3. The minimum absolute atomic E-state index is 0.0720. The van der Waals surface area contributed by atoms with Gasteiger partial charge in [-0.1, -0.05) is 49.6 Å². The summed E-state index contributed by atoms with van der Waals surface area (Å²) >= 11 is 6.03. The Morgan fingerprint density at radius 2 is 2.00 bits per heavy atom. The number of hydrogen-bond acceptors (Lipinski definition) is 2. The molecule has 1 aliphatic rings. The molecular formula is C18H20ClN2O. The molecule has 1 aromatic carbocycles. The number of pyridine rings is 1. The fourth-order valence-electron chi connectivity index (χ4n) is 3.10. The van der Waals surface area contributed by atoms with Crippen LogP contribution in [0.3, 0.4) is 0 Å². The molecule has 1 N–H and O–H groups in total. The lowest BCUT2D eigenvalue weighted by atomic mass is 9.83. The molecule has 2 aromatic rings. The first-order chi connectivity index (χ1) is 10.6. The maximum absolute atomic E-state index is 12.5. The molecule has 22 heavy (non-hydrogen) atoms. The first-order valence-electron chi connectivity index (χ1n) is 7.80. The zero-order valence-electron chi connectivity index (χ0n) is 12.5. The minimum atomic E-state index is -0.0720. The van der Waals surface area contributed by atoms with Crippen LogP contribution in [0.4, 0.5) is 0 Å². The van der Waals surface area contributed by atoms with Gasteiger partial charge in [0.05, 0.1) is 11.1 Å². The summed E-state index contributed by atoms with van der Waals surface area (Å²) in [7, 11) is 0. The van der Waals surface area contributed by atoms with Crippen molar-refractivity contribution >= 4 is 28.4 Å². The number of halogens is 1. The number of benzene rings is 1.